The van der Waals surface area contributed by atoms with Crippen molar-refractivity contribution in [3.63, 3.8) is 0 Å². The molecule has 3 rings (SSSR count). The number of para-hydroxylation sites is 1. The van der Waals surface area contributed by atoms with Crippen molar-refractivity contribution in [3.05, 3.63) is 24.3 Å². The van der Waals surface area contributed by atoms with Crippen LogP contribution in [0.1, 0.15) is 6.42 Å². The molecular formula is C11H12N4O. The predicted octanol–water partition coefficient (Wildman–Crippen LogP) is 0.765. The summed E-state index contributed by atoms with van der Waals surface area (Å²) in [6.45, 7) is 1.85. The van der Waals surface area contributed by atoms with Crippen molar-refractivity contribution < 1.29 is 4.74 Å². The highest BCUT2D eigenvalue weighted by atomic mass is 16.5. The Hall–Kier alpha value is -1.75. The van der Waals surface area contributed by atoms with Crippen molar-refractivity contribution in [2.75, 3.05) is 13.1 Å². The maximum atomic E-state index is 5.64. The molecule has 0 aliphatic carbocycles. The summed E-state index contributed by atoms with van der Waals surface area (Å²) in [4.78, 5) is 4.32. The second-order valence-corrected chi connectivity index (χ2v) is 3.82. The lowest BCUT2D eigenvalue weighted by Gasteiger charge is -2.09. The zero-order valence-corrected chi connectivity index (χ0v) is 8.76. The average molecular weight is 216 g/mol. The molecule has 2 heterocycles. The van der Waals surface area contributed by atoms with Crippen molar-refractivity contribution in [1.29, 1.82) is 0 Å². The van der Waals surface area contributed by atoms with Crippen LogP contribution in [0.2, 0.25) is 0 Å². The zero-order valence-electron chi connectivity index (χ0n) is 8.76. The highest BCUT2D eigenvalue weighted by Crippen LogP contribution is 2.13. The molecule has 1 fully saturated rings. The maximum Gasteiger partial charge on any atom is 0.336 e. The highest BCUT2D eigenvalue weighted by Gasteiger charge is 2.17. The molecule has 1 N–H and O–H groups in total. The van der Waals surface area contributed by atoms with Gasteiger partial charge in [0.2, 0.25) is 0 Å². The van der Waals surface area contributed by atoms with Crippen molar-refractivity contribution in [2.24, 2.45) is 0 Å². The Morgan fingerprint density at radius 1 is 1.19 bits per heavy atom. The second-order valence-electron chi connectivity index (χ2n) is 3.82. The van der Waals surface area contributed by atoms with Crippen LogP contribution in [0.15, 0.2) is 24.3 Å². The molecule has 1 saturated heterocycles. The molecule has 2 aromatic rings. The normalized spacial score (nSPS) is 20.1. The van der Waals surface area contributed by atoms with E-state index in [-0.39, 0.29) is 6.10 Å². The minimum Gasteiger partial charge on any atom is -0.458 e. The molecule has 0 amide bonds. The summed E-state index contributed by atoms with van der Waals surface area (Å²) in [5.41, 5.74) is 1.61. The molecule has 1 aromatic heterocycles. The largest absolute Gasteiger partial charge is 0.458 e. The van der Waals surface area contributed by atoms with Crippen LogP contribution in [0.3, 0.4) is 0 Å². The molecule has 5 heteroatoms. The lowest BCUT2D eigenvalue weighted by molar-refractivity contribution is 0.203. The maximum absolute atomic E-state index is 5.64. The molecular weight excluding hydrogens is 204 g/mol. The Bertz CT molecular complexity index is 496. The van der Waals surface area contributed by atoms with E-state index in [9.17, 15) is 0 Å². The Morgan fingerprint density at radius 3 is 2.88 bits per heavy atom. The summed E-state index contributed by atoms with van der Waals surface area (Å²) in [6.07, 6.45) is 1.17. The van der Waals surface area contributed by atoms with Gasteiger partial charge in [0.15, 0.2) is 0 Å². The first-order valence-corrected chi connectivity index (χ1v) is 5.39. The molecule has 0 spiro atoms. The number of hydrogen-bond acceptors (Lipinski definition) is 5. The fraction of sp³-hybridized carbons (Fsp3) is 0.364. The van der Waals surface area contributed by atoms with Crippen LogP contribution < -0.4 is 10.1 Å². The number of nitrogens with one attached hydrogen (secondary N) is 1. The van der Waals surface area contributed by atoms with E-state index in [4.69, 9.17) is 4.74 Å². The van der Waals surface area contributed by atoms with E-state index in [2.05, 4.69) is 20.5 Å². The molecule has 82 valence electrons. The van der Waals surface area contributed by atoms with Crippen molar-refractivity contribution in [1.82, 2.24) is 20.5 Å². The van der Waals surface area contributed by atoms with E-state index in [1.807, 2.05) is 24.3 Å². The van der Waals surface area contributed by atoms with Gasteiger partial charge in [-0.25, -0.2) is 0 Å². The van der Waals surface area contributed by atoms with Crippen LogP contribution in [0.5, 0.6) is 6.01 Å². The van der Waals surface area contributed by atoms with Gasteiger partial charge in [-0.15, -0.1) is 5.10 Å². The van der Waals surface area contributed by atoms with E-state index in [0.29, 0.717) is 6.01 Å². The fourth-order valence-corrected chi connectivity index (χ4v) is 1.79. The Morgan fingerprint density at radius 2 is 2.06 bits per heavy atom. The summed E-state index contributed by atoms with van der Waals surface area (Å²) in [7, 11) is 0. The van der Waals surface area contributed by atoms with Crippen LogP contribution in [0, 0.1) is 0 Å². The van der Waals surface area contributed by atoms with Gasteiger partial charge in [-0.05, 0) is 25.1 Å². The lowest BCUT2D eigenvalue weighted by atomic mass is 10.3. The summed E-state index contributed by atoms with van der Waals surface area (Å²) in [5.74, 6) is 0. The van der Waals surface area contributed by atoms with Crippen molar-refractivity contribution in [3.8, 4) is 6.01 Å². The quantitative estimate of drug-likeness (QED) is 0.803. The Kier molecular flexibility index (Phi) is 2.38. The van der Waals surface area contributed by atoms with Crippen LogP contribution in [0.25, 0.3) is 11.0 Å². The molecule has 16 heavy (non-hydrogen) atoms. The number of benzene rings is 1. The number of rotatable bonds is 2. The molecule has 1 aliphatic heterocycles. The van der Waals surface area contributed by atoms with Crippen LogP contribution in [-0.2, 0) is 0 Å². The topological polar surface area (TPSA) is 59.9 Å². The van der Waals surface area contributed by atoms with E-state index in [1.54, 1.807) is 0 Å². The number of hydrogen-bond donors (Lipinski definition) is 1. The minimum atomic E-state index is 0.169. The number of ether oxygens (including phenoxy) is 1. The van der Waals surface area contributed by atoms with Crippen molar-refractivity contribution >= 4 is 11.0 Å². The van der Waals surface area contributed by atoms with E-state index in [1.165, 1.54) is 0 Å². The van der Waals surface area contributed by atoms with Gasteiger partial charge >= 0.3 is 6.01 Å². The summed E-state index contributed by atoms with van der Waals surface area (Å²) in [5, 5.41) is 11.3. The van der Waals surface area contributed by atoms with Gasteiger partial charge in [0.05, 0.1) is 5.52 Å². The third-order valence-corrected chi connectivity index (χ3v) is 2.63. The molecule has 0 radical (unpaired) electrons. The Labute approximate surface area is 92.9 Å². The highest BCUT2D eigenvalue weighted by molar-refractivity contribution is 5.73. The Balaban J connectivity index is 1.86. The third-order valence-electron chi connectivity index (χ3n) is 2.63. The predicted molar refractivity (Wildman–Crippen MR) is 59.2 cm³/mol. The molecule has 1 unspecified atom stereocenters. The molecule has 5 nitrogen and oxygen atoms in total. The molecule has 1 aliphatic rings. The summed E-state index contributed by atoms with van der Waals surface area (Å²) in [6, 6.07) is 8.00. The summed E-state index contributed by atoms with van der Waals surface area (Å²) < 4.78 is 5.64. The average Bonchev–Trinajstić information content (AvgIpc) is 2.82. The lowest BCUT2D eigenvalue weighted by Crippen LogP contribution is -2.20. The molecule has 1 aromatic carbocycles. The molecule has 1 atom stereocenters. The van der Waals surface area contributed by atoms with Gasteiger partial charge < -0.3 is 10.1 Å². The first-order chi connectivity index (χ1) is 7.92. The first kappa shape index (κ1) is 9.47. The standard InChI is InChI=1S/C11H12N4O/c1-2-4-10-9(3-1)13-11(15-14-10)16-8-5-6-12-7-8/h1-4,8,12H,5-7H2. The number of nitrogens with zero attached hydrogens (tertiary/aromatic N) is 3. The second kappa shape index (κ2) is 4.02. The fourth-order valence-electron chi connectivity index (χ4n) is 1.79. The van der Waals surface area contributed by atoms with Crippen LogP contribution in [0.4, 0.5) is 0 Å². The minimum absolute atomic E-state index is 0.169. The summed E-state index contributed by atoms with van der Waals surface area (Å²) >= 11 is 0. The van der Waals surface area contributed by atoms with Gasteiger partial charge in [0.25, 0.3) is 0 Å². The van der Waals surface area contributed by atoms with Gasteiger partial charge in [-0.2, -0.15) is 4.98 Å². The SMILES string of the molecule is c1ccc2nc(OC3CCNC3)nnc2c1. The smallest absolute Gasteiger partial charge is 0.336 e. The third kappa shape index (κ3) is 1.81. The van der Waals surface area contributed by atoms with E-state index < -0.39 is 0 Å². The van der Waals surface area contributed by atoms with Gasteiger partial charge in [-0.3, -0.25) is 0 Å². The van der Waals surface area contributed by atoms with Gasteiger partial charge in [-0.1, -0.05) is 17.2 Å². The van der Waals surface area contributed by atoms with Gasteiger partial charge in [0, 0.05) is 6.54 Å². The monoisotopic (exact) mass is 216 g/mol. The van der Waals surface area contributed by atoms with Crippen LogP contribution >= 0.6 is 0 Å². The zero-order chi connectivity index (χ0) is 10.8. The van der Waals surface area contributed by atoms with E-state index in [0.717, 1.165) is 30.5 Å². The van der Waals surface area contributed by atoms with Crippen molar-refractivity contribution in [2.45, 2.75) is 12.5 Å². The van der Waals surface area contributed by atoms with Crippen LogP contribution in [-0.4, -0.2) is 34.4 Å². The first-order valence-electron chi connectivity index (χ1n) is 5.39. The number of fused-ring (bicyclic) bond motifs is 1. The van der Waals surface area contributed by atoms with E-state index >= 15 is 0 Å². The molecule has 0 saturated carbocycles. The van der Waals surface area contributed by atoms with Gasteiger partial charge in [0.1, 0.15) is 11.6 Å². The molecule has 0 bridgehead atoms. The number of aromatic nitrogens is 3.